The molecule has 0 spiro atoms. The van der Waals surface area contributed by atoms with Gasteiger partial charge in [-0.3, -0.25) is 9.59 Å². The number of amides is 2. The number of fused-ring (bicyclic) bond motifs is 1. The number of ether oxygens (including phenoxy) is 3. The molecule has 1 saturated heterocycles. The average molecular weight is 468 g/mol. The highest BCUT2D eigenvalue weighted by molar-refractivity contribution is 5.93. The quantitative estimate of drug-likeness (QED) is 0.517. The van der Waals surface area contributed by atoms with Gasteiger partial charge < -0.3 is 24.4 Å². The molecule has 2 aromatic carbocycles. The summed E-state index contributed by atoms with van der Waals surface area (Å²) >= 11 is 0. The van der Waals surface area contributed by atoms with Gasteiger partial charge in [0.1, 0.15) is 11.6 Å². The zero-order valence-corrected chi connectivity index (χ0v) is 18.5. The molecule has 2 amide bonds. The minimum absolute atomic E-state index is 0.0447. The van der Waals surface area contributed by atoms with E-state index in [9.17, 15) is 18.8 Å². The number of carbonyl (C=O) groups excluding carboxylic acids is 3. The van der Waals surface area contributed by atoms with Crippen LogP contribution in [0, 0.1) is 11.7 Å². The fourth-order valence-corrected chi connectivity index (χ4v) is 3.92. The van der Waals surface area contributed by atoms with Crippen LogP contribution < -0.4 is 10.1 Å². The van der Waals surface area contributed by atoms with Gasteiger partial charge in [0.2, 0.25) is 5.91 Å². The van der Waals surface area contributed by atoms with E-state index in [1.807, 2.05) is 30.3 Å². The van der Waals surface area contributed by atoms with Crippen molar-refractivity contribution in [3.63, 3.8) is 0 Å². The van der Waals surface area contributed by atoms with Crippen molar-refractivity contribution in [3.8, 4) is 5.75 Å². The Hall–Kier alpha value is -3.72. The largest absolute Gasteiger partial charge is 0.467 e. The number of likely N-dealkylation sites (tertiary alicyclic amines) is 1. The van der Waals surface area contributed by atoms with E-state index in [4.69, 9.17) is 14.2 Å². The number of nitrogens with zero attached hydrogens (tertiary/aromatic N) is 1. The van der Waals surface area contributed by atoms with Gasteiger partial charge in [-0.05, 0) is 43.2 Å². The third-order valence-corrected chi connectivity index (χ3v) is 5.70. The van der Waals surface area contributed by atoms with Crippen molar-refractivity contribution in [2.24, 2.45) is 5.92 Å². The van der Waals surface area contributed by atoms with Crippen LogP contribution in [0.2, 0.25) is 0 Å². The first-order valence-electron chi connectivity index (χ1n) is 11.0. The molecule has 0 aliphatic carbocycles. The van der Waals surface area contributed by atoms with Crippen molar-refractivity contribution in [1.82, 2.24) is 4.90 Å². The molecule has 1 N–H and O–H groups in total. The number of piperidine rings is 1. The number of hydrogen-bond acceptors (Lipinski definition) is 6. The van der Waals surface area contributed by atoms with E-state index in [0.717, 1.165) is 11.8 Å². The second-order valence-electron chi connectivity index (χ2n) is 8.05. The SMILES string of the molecule is O=C(C=Cc1cc(F)cc2c1OCOC2)OCC(=O)N1CCC(C(=O)Nc2ccccc2)CC1. The molecule has 9 heteroatoms. The van der Waals surface area contributed by atoms with Crippen molar-refractivity contribution < 1.29 is 33.0 Å². The fraction of sp³-hybridized carbons (Fsp3) is 0.320. The molecule has 0 atom stereocenters. The summed E-state index contributed by atoms with van der Waals surface area (Å²) in [7, 11) is 0. The van der Waals surface area contributed by atoms with Crippen LogP contribution in [0.15, 0.2) is 48.5 Å². The Morgan fingerprint density at radius 2 is 1.91 bits per heavy atom. The van der Waals surface area contributed by atoms with Gasteiger partial charge in [-0.2, -0.15) is 0 Å². The molecule has 2 aliphatic rings. The van der Waals surface area contributed by atoms with E-state index in [0.29, 0.717) is 42.8 Å². The third-order valence-electron chi connectivity index (χ3n) is 5.70. The van der Waals surface area contributed by atoms with Crippen molar-refractivity contribution in [2.45, 2.75) is 19.4 Å². The number of halogens is 1. The lowest BCUT2D eigenvalue weighted by Crippen LogP contribution is -2.43. The van der Waals surface area contributed by atoms with Crippen LogP contribution in [0.5, 0.6) is 5.75 Å². The Bertz CT molecular complexity index is 1080. The first-order chi connectivity index (χ1) is 16.5. The molecule has 0 aromatic heterocycles. The zero-order chi connectivity index (χ0) is 23.9. The van der Waals surface area contributed by atoms with Gasteiger partial charge >= 0.3 is 5.97 Å². The normalized spacial score (nSPS) is 16.0. The van der Waals surface area contributed by atoms with E-state index in [1.54, 1.807) is 4.90 Å². The molecular formula is C25H25FN2O6. The second kappa shape index (κ2) is 10.9. The minimum atomic E-state index is -0.726. The van der Waals surface area contributed by atoms with Crippen molar-refractivity contribution in [2.75, 3.05) is 31.8 Å². The molecule has 0 bridgehead atoms. The van der Waals surface area contributed by atoms with Crippen LogP contribution in [0.25, 0.3) is 6.08 Å². The van der Waals surface area contributed by atoms with Crippen LogP contribution in [0.1, 0.15) is 24.0 Å². The minimum Gasteiger partial charge on any atom is -0.467 e. The van der Waals surface area contributed by atoms with Crippen LogP contribution in [-0.4, -0.2) is 49.2 Å². The number of anilines is 1. The van der Waals surface area contributed by atoms with Gasteiger partial charge in [0.15, 0.2) is 13.4 Å². The van der Waals surface area contributed by atoms with Crippen molar-refractivity contribution >= 4 is 29.5 Å². The molecule has 2 aliphatic heterocycles. The number of rotatable bonds is 6. The molecule has 0 radical (unpaired) electrons. The van der Waals surface area contributed by atoms with Crippen molar-refractivity contribution in [3.05, 3.63) is 65.5 Å². The van der Waals surface area contributed by atoms with Crippen molar-refractivity contribution in [1.29, 1.82) is 0 Å². The topological polar surface area (TPSA) is 94.2 Å². The standard InChI is InChI=1S/C25H25FN2O6/c26-20-12-18(24-19(13-20)14-32-16-34-24)6-7-23(30)33-15-22(29)28-10-8-17(9-11-28)25(31)27-21-4-2-1-3-5-21/h1-7,12-13,17H,8-11,14-16H2,(H,27,31). The lowest BCUT2D eigenvalue weighted by Gasteiger charge is -2.31. The maximum Gasteiger partial charge on any atom is 0.331 e. The summed E-state index contributed by atoms with van der Waals surface area (Å²) < 4.78 is 29.4. The van der Waals surface area contributed by atoms with E-state index < -0.39 is 18.4 Å². The van der Waals surface area contributed by atoms with Gasteiger partial charge in [0, 0.05) is 41.9 Å². The molecule has 1 fully saturated rings. The lowest BCUT2D eigenvalue weighted by molar-refractivity contribution is -0.149. The van der Waals surface area contributed by atoms with E-state index >= 15 is 0 Å². The molecular weight excluding hydrogens is 443 g/mol. The first-order valence-corrected chi connectivity index (χ1v) is 11.0. The van der Waals surface area contributed by atoms with Gasteiger partial charge in [0.05, 0.1) is 6.61 Å². The summed E-state index contributed by atoms with van der Waals surface area (Å²) in [5.74, 6) is -1.32. The lowest BCUT2D eigenvalue weighted by atomic mass is 9.95. The summed E-state index contributed by atoms with van der Waals surface area (Å²) in [5.41, 5.74) is 1.68. The van der Waals surface area contributed by atoms with Crippen LogP contribution in [0.3, 0.4) is 0 Å². The molecule has 178 valence electrons. The smallest absolute Gasteiger partial charge is 0.331 e. The fourth-order valence-electron chi connectivity index (χ4n) is 3.92. The van der Waals surface area contributed by atoms with Crippen LogP contribution >= 0.6 is 0 Å². The molecule has 34 heavy (non-hydrogen) atoms. The maximum atomic E-state index is 13.8. The average Bonchev–Trinajstić information content (AvgIpc) is 2.86. The number of hydrogen-bond donors (Lipinski definition) is 1. The Labute approximate surface area is 196 Å². The number of nitrogens with one attached hydrogen (secondary N) is 1. The van der Waals surface area contributed by atoms with E-state index in [2.05, 4.69) is 5.32 Å². The highest BCUT2D eigenvalue weighted by Crippen LogP contribution is 2.30. The highest BCUT2D eigenvalue weighted by Gasteiger charge is 2.27. The monoisotopic (exact) mass is 468 g/mol. The second-order valence-corrected chi connectivity index (χ2v) is 8.05. The zero-order valence-electron chi connectivity index (χ0n) is 18.5. The third kappa shape index (κ3) is 5.99. The first kappa shape index (κ1) is 23.4. The summed E-state index contributed by atoms with van der Waals surface area (Å²) in [4.78, 5) is 38.5. The van der Waals surface area contributed by atoms with Gasteiger partial charge in [-0.1, -0.05) is 18.2 Å². The number of carbonyl (C=O) groups is 3. The molecule has 0 unspecified atom stereocenters. The van der Waals surface area contributed by atoms with E-state index in [1.165, 1.54) is 18.2 Å². The Morgan fingerprint density at radius 1 is 1.15 bits per heavy atom. The predicted octanol–water partition coefficient (Wildman–Crippen LogP) is 3.13. The summed E-state index contributed by atoms with van der Waals surface area (Å²) in [5, 5.41) is 2.89. The van der Waals surface area contributed by atoms with Gasteiger partial charge in [-0.15, -0.1) is 0 Å². The highest BCUT2D eigenvalue weighted by atomic mass is 19.1. The molecule has 0 saturated carbocycles. The maximum absolute atomic E-state index is 13.8. The molecule has 4 rings (SSSR count). The summed E-state index contributed by atoms with van der Waals surface area (Å²) in [6, 6.07) is 11.8. The predicted molar refractivity (Wildman–Crippen MR) is 121 cm³/mol. The number of para-hydroxylation sites is 1. The van der Waals surface area contributed by atoms with Crippen LogP contribution in [0.4, 0.5) is 10.1 Å². The number of benzene rings is 2. The van der Waals surface area contributed by atoms with E-state index in [-0.39, 0.29) is 31.1 Å². The van der Waals surface area contributed by atoms with Gasteiger partial charge in [0.25, 0.3) is 5.91 Å². The Morgan fingerprint density at radius 3 is 2.68 bits per heavy atom. The van der Waals surface area contributed by atoms with Crippen LogP contribution in [-0.2, 0) is 30.5 Å². The summed E-state index contributed by atoms with van der Waals surface area (Å²) in [6.45, 7) is 0.679. The molecule has 8 nitrogen and oxygen atoms in total. The Kier molecular flexibility index (Phi) is 7.54. The summed E-state index contributed by atoms with van der Waals surface area (Å²) in [6.07, 6.45) is 3.58. The number of esters is 1. The molecule has 2 aromatic rings. The molecule has 2 heterocycles. The van der Waals surface area contributed by atoms with Gasteiger partial charge in [-0.25, -0.2) is 9.18 Å². The Balaban J connectivity index is 1.23.